The van der Waals surface area contributed by atoms with Gasteiger partial charge in [0.05, 0.1) is 18.3 Å². The van der Waals surface area contributed by atoms with Gasteiger partial charge in [0.25, 0.3) is 11.9 Å². The second-order valence-electron chi connectivity index (χ2n) is 7.54. The third-order valence-corrected chi connectivity index (χ3v) is 5.30. The monoisotopic (exact) mass is 438 g/mol. The number of aryl methyl sites for hydroxylation is 1. The van der Waals surface area contributed by atoms with Crippen LogP contribution >= 0.6 is 0 Å². The standard InChI is InChI=1S/C22H17F3N6O/c1-14-9-27-31(11-14)21-26-10-17(19(28-21)22(23,24)25)20(32)30-13-16-6-4-8-29(16)12-15-5-2-3-7-18(15)30/h2-11H,12-13H2,1H3. The highest BCUT2D eigenvalue weighted by molar-refractivity contribution is 6.07. The molecule has 0 saturated heterocycles. The third-order valence-electron chi connectivity index (χ3n) is 5.30. The number of carbonyl (C=O) groups is 1. The van der Waals surface area contributed by atoms with Crippen molar-refractivity contribution in [3.63, 3.8) is 0 Å². The summed E-state index contributed by atoms with van der Waals surface area (Å²) in [6, 6.07) is 10.9. The Bertz CT molecular complexity index is 1320. The van der Waals surface area contributed by atoms with Crippen molar-refractivity contribution in [3.8, 4) is 5.95 Å². The predicted molar refractivity (Wildman–Crippen MR) is 109 cm³/mol. The maximum absolute atomic E-state index is 13.9. The quantitative estimate of drug-likeness (QED) is 0.475. The van der Waals surface area contributed by atoms with E-state index in [0.717, 1.165) is 27.7 Å². The average Bonchev–Trinajstić information content (AvgIpc) is 3.36. The summed E-state index contributed by atoms with van der Waals surface area (Å²) in [6.07, 6.45) is 0.952. The van der Waals surface area contributed by atoms with Crippen molar-refractivity contribution in [3.05, 3.63) is 89.3 Å². The number of hydrogen-bond donors (Lipinski definition) is 0. The number of para-hydroxylation sites is 1. The third kappa shape index (κ3) is 3.43. The van der Waals surface area contributed by atoms with Crippen LogP contribution in [0.15, 0.2) is 61.2 Å². The number of aromatic nitrogens is 5. The first-order valence-electron chi connectivity index (χ1n) is 9.81. The minimum Gasteiger partial charge on any atom is -0.345 e. The molecule has 0 unspecified atom stereocenters. The molecule has 0 radical (unpaired) electrons. The molecule has 0 bridgehead atoms. The Morgan fingerprint density at radius 3 is 2.62 bits per heavy atom. The molecular formula is C22H17F3N6O. The number of anilines is 1. The van der Waals surface area contributed by atoms with Crippen LogP contribution in [-0.2, 0) is 19.3 Å². The van der Waals surface area contributed by atoms with Gasteiger partial charge < -0.3 is 9.47 Å². The van der Waals surface area contributed by atoms with Crippen LogP contribution < -0.4 is 4.90 Å². The number of alkyl halides is 3. The van der Waals surface area contributed by atoms with E-state index in [0.29, 0.717) is 12.2 Å². The molecule has 4 aromatic rings. The van der Waals surface area contributed by atoms with Gasteiger partial charge in [-0.1, -0.05) is 18.2 Å². The number of fused-ring (bicyclic) bond motifs is 2. The van der Waals surface area contributed by atoms with Gasteiger partial charge in [0.1, 0.15) is 0 Å². The lowest BCUT2D eigenvalue weighted by Gasteiger charge is -2.24. The summed E-state index contributed by atoms with van der Waals surface area (Å²) in [6.45, 7) is 2.39. The van der Waals surface area contributed by atoms with Gasteiger partial charge in [-0.25, -0.2) is 14.6 Å². The smallest absolute Gasteiger partial charge is 0.345 e. The lowest BCUT2D eigenvalue weighted by molar-refractivity contribution is -0.141. The molecule has 1 aliphatic heterocycles. The van der Waals surface area contributed by atoms with Crippen LogP contribution in [0.4, 0.5) is 18.9 Å². The molecule has 0 spiro atoms. The minimum atomic E-state index is -4.85. The molecule has 1 amide bonds. The SMILES string of the molecule is Cc1cnn(-c2ncc(C(=O)N3Cc4cccn4Cc4ccccc43)c(C(F)(F)F)n2)c1. The molecule has 1 aromatic carbocycles. The largest absolute Gasteiger partial charge is 0.434 e. The molecule has 0 fully saturated rings. The molecule has 0 atom stereocenters. The second kappa shape index (κ2) is 7.33. The van der Waals surface area contributed by atoms with Gasteiger partial charge in [-0.05, 0) is 36.2 Å². The zero-order chi connectivity index (χ0) is 22.5. The van der Waals surface area contributed by atoms with Gasteiger partial charge >= 0.3 is 6.18 Å². The number of nitrogens with zero attached hydrogens (tertiary/aromatic N) is 6. The Balaban J connectivity index is 1.62. The van der Waals surface area contributed by atoms with Crippen molar-refractivity contribution >= 4 is 11.6 Å². The maximum atomic E-state index is 13.9. The predicted octanol–water partition coefficient (Wildman–Crippen LogP) is 4.00. The molecule has 0 N–H and O–H groups in total. The first-order chi connectivity index (χ1) is 15.3. The highest BCUT2D eigenvalue weighted by Gasteiger charge is 2.40. The van der Waals surface area contributed by atoms with Crippen LogP contribution in [0.1, 0.15) is 32.9 Å². The summed E-state index contributed by atoms with van der Waals surface area (Å²) in [5, 5.41) is 3.96. The maximum Gasteiger partial charge on any atom is 0.434 e. The van der Waals surface area contributed by atoms with Crippen LogP contribution in [0, 0.1) is 6.92 Å². The van der Waals surface area contributed by atoms with Gasteiger partial charge in [0.15, 0.2) is 5.69 Å². The van der Waals surface area contributed by atoms with Crippen molar-refractivity contribution in [1.82, 2.24) is 24.3 Å². The molecule has 7 nitrogen and oxygen atoms in total. The number of amides is 1. The van der Waals surface area contributed by atoms with E-state index in [-0.39, 0.29) is 12.5 Å². The van der Waals surface area contributed by atoms with E-state index in [4.69, 9.17) is 0 Å². The van der Waals surface area contributed by atoms with Crippen LogP contribution in [0.25, 0.3) is 5.95 Å². The van der Waals surface area contributed by atoms with Crippen LogP contribution in [-0.4, -0.2) is 30.2 Å². The number of benzene rings is 1. The summed E-state index contributed by atoms with van der Waals surface area (Å²) in [4.78, 5) is 22.5. The van der Waals surface area contributed by atoms with Crippen molar-refractivity contribution in [1.29, 1.82) is 0 Å². The molecule has 10 heteroatoms. The van der Waals surface area contributed by atoms with Crippen LogP contribution in [0.5, 0.6) is 0 Å². The average molecular weight is 438 g/mol. The molecule has 0 saturated carbocycles. The van der Waals surface area contributed by atoms with E-state index in [1.165, 1.54) is 17.3 Å². The summed E-state index contributed by atoms with van der Waals surface area (Å²) >= 11 is 0. The highest BCUT2D eigenvalue weighted by atomic mass is 19.4. The lowest BCUT2D eigenvalue weighted by Crippen LogP contribution is -2.33. The number of hydrogen-bond acceptors (Lipinski definition) is 4. The fraction of sp³-hybridized carbons (Fsp3) is 0.182. The van der Waals surface area contributed by atoms with Gasteiger partial charge in [0, 0.05) is 36.5 Å². The molecule has 3 aromatic heterocycles. The topological polar surface area (TPSA) is 68.8 Å². The van der Waals surface area contributed by atoms with Crippen LogP contribution in [0.2, 0.25) is 0 Å². The molecule has 162 valence electrons. The van der Waals surface area contributed by atoms with Gasteiger partial charge in [0.2, 0.25) is 0 Å². The molecule has 4 heterocycles. The van der Waals surface area contributed by atoms with E-state index in [2.05, 4.69) is 15.1 Å². The van der Waals surface area contributed by atoms with Crippen molar-refractivity contribution in [2.45, 2.75) is 26.2 Å². The summed E-state index contributed by atoms with van der Waals surface area (Å²) < 4.78 is 45.0. The first kappa shape index (κ1) is 20.0. The molecule has 1 aliphatic rings. The van der Waals surface area contributed by atoms with Crippen LogP contribution in [0.3, 0.4) is 0 Å². The molecule has 0 aliphatic carbocycles. The van der Waals surface area contributed by atoms with Crippen molar-refractivity contribution < 1.29 is 18.0 Å². The Morgan fingerprint density at radius 2 is 1.88 bits per heavy atom. The zero-order valence-corrected chi connectivity index (χ0v) is 16.9. The van der Waals surface area contributed by atoms with Gasteiger partial charge in [-0.3, -0.25) is 4.79 Å². The first-order valence-corrected chi connectivity index (χ1v) is 9.81. The van der Waals surface area contributed by atoms with Crippen molar-refractivity contribution in [2.24, 2.45) is 0 Å². The summed E-state index contributed by atoms with van der Waals surface area (Å²) in [5.41, 5.74) is 1.03. The Morgan fingerprint density at radius 1 is 1.06 bits per heavy atom. The highest BCUT2D eigenvalue weighted by Crippen LogP contribution is 2.34. The molecular weight excluding hydrogens is 421 g/mol. The Kier molecular flexibility index (Phi) is 4.58. The van der Waals surface area contributed by atoms with Gasteiger partial charge in [-0.15, -0.1) is 0 Å². The molecule has 32 heavy (non-hydrogen) atoms. The van der Waals surface area contributed by atoms with Crippen molar-refractivity contribution in [2.75, 3.05) is 4.90 Å². The van der Waals surface area contributed by atoms with E-state index in [9.17, 15) is 18.0 Å². The van der Waals surface area contributed by atoms with E-state index >= 15 is 0 Å². The number of halogens is 3. The lowest BCUT2D eigenvalue weighted by atomic mass is 10.1. The number of carbonyl (C=O) groups excluding carboxylic acids is 1. The number of rotatable bonds is 2. The summed E-state index contributed by atoms with van der Waals surface area (Å²) in [5.74, 6) is -1.07. The fourth-order valence-electron chi connectivity index (χ4n) is 3.79. The van der Waals surface area contributed by atoms with E-state index in [1.807, 2.05) is 35.0 Å². The van der Waals surface area contributed by atoms with Gasteiger partial charge in [-0.2, -0.15) is 18.3 Å². The summed E-state index contributed by atoms with van der Waals surface area (Å²) in [7, 11) is 0. The van der Waals surface area contributed by atoms with E-state index in [1.54, 1.807) is 19.1 Å². The zero-order valence-electron chi connectivity index (χ0n) is 16.9. The normalized spacial score (nSPS) is 13.4. The molecule has 5 rings (SSSR count). The Hall–Kier alpha value is -3.95. The Labute approximate surface area is 180 Å². The fourth-order valence-corrected chi connectivity index (χ4v) is 3.79. The van der Waals surface area contributed by atoms with E-state index < -0.39 is 23.3 Å². The second-order valence-corrected chi connectivity index (χ2v) is 7.54. The minimum absolute atomic E-state index is 0.125.